The van der Waals surface area contributed by atoms with E-state index in [1.165, 1.54) is 16.7 Å². The number of aryl methyl sites for hydroxylation is 1. The highest BCUT2D eigenvalue weighted by Gasteiger charge is 2.10. The summed E-state index contributed by atoms with van der Waals surface area (Å²) in [6.45, 7) is 6.49. The molecule has 2 heteroatoms. The lowest BCUT2D eigenvalue weighted by Gasteiger charge is -2.17. The summed E-state index contributed by atoms with van der Waals surface area (Å²) in [6, 6.07) is 13.6. The zero-order valence-electron chi connectivity index (χ0n) is 12.9. The molecule has 106 valence electrons. The first-order chi connectivity index (χ1) is 9.60. The van der Waals surface area contributed by atoms with Crippen molar-refractivity contribution in [1.82, 2.24) is 10.3 Å². The fourth-order valence-corrected chi connectivity index (χ4v) is 2.45. The number of nitrogens with one attached hydrogen (secondary N) is 1. The first kappa shape index (κ1) is 14.7. The van der Waals surface area contributed by atoms with Crippen LogP contribution in [0.3, 0.4) is 0 Å². The molecule has 0 saturated heterocycles. The fourth-order valence-electron chi connectivity index (χ4n) is 2.45. The van der Waals surface area contributed by atoms with E-state index >= 15 is 0 Å². The topological polar surface area (TPSA) is 24.9 Å². The molecule has 1 aromatic carbocycles. The van der Waals surface area contributed by atoms with E-state index in [9.17, 15) is 0 Å². The molecule has 2 nitrogen and oxygen atoms in total. The Bertz CT molecular complexity index is 544. The molecule has 0 saturated carbocycles. The fraction of sp³-hybridized carbons (Fsp3) is 0.389. The maximum Gasteiger partial charge on any atom is 0.0375 e. The zero-order chi connectivity index (χ0) is 14.5. The van der Waals surface area contributed by atoms with Crippen LogP contribution in [0.25, 0.3) is 0 Å². The van der Waals surface area contributed by atoms with Crippen molar-refractivity contribution in [3.8, 4) is 0 Å². The van der Waals surface area contributed by atoms with E-state index in [2.05, 4.69) is 60.5 Å². The third-order valence-electron chi connectivity index (χ3n) is 3.76. The second kappa shape index (κ2) is 6.67. The van der Waals surface area contributed by atoms with Gasteiger partial charge in [0.25, 0.3) is 0 Å². The van der Waals surface area contributed by atoms with Crippen LogP contribution in [0, 0.1) is 6.92 Å². The Labute approximate surface area is 122 Å². The number of rotatable bonds is 5. The lowest BCUT2D eigenvalue weighted by atomic mass is 9.96. The van der Waals surface area contributed by atoms with Crippen LogP contribution < -0.4 is 5.32 Å². The molecule has 0 bridgehead atoms. The summed E-state index contributed by atoms with van der Waals surface area (Å²) in [5, 5.41) is 3.40. The second-order valence-corrected chi connectivity index (χ2v) is 5.67. The summed E-state index contributed by atoms with van der Waals surface area (Å²) in [5.41, 5.74) is 5.13. The molecule has 1 aromatic heterocycles. The third kappa shape index (κ3) is 3.67. The average molecular weight is 268 g/mol. The second-order valence-electron chi connectivity index (χ2n) is 5.67. The van der Waals surface area contributed by atoms with Crippen molar-refractivity contribution in [2.75, 3.05) is 7.05 Å². The van der Waals surface area contributed by atoms with Gasteiger partial charge in [-0.25, -0.2) is 0 Å². The molecule has 20 heavy (non-hydrogen) atoms. The quantitative estimate of drug-likeness (QED) is 0.886. The molecule has 1 atom stereocenters. The predicted octanol–water partition coefficient (Wildman–Crippen LogP) is 4.02. The SMILES string of the molecule is CNC(Cc1ccc(C(C)C)cc1)c1ccnc(C)c1. The van der Waals surface area contributed by atoms with Gasteiger partial charge in [-0.3, -0.25) is 4.98 Å². The smallest absolute Gasteiger partial charge is 0.0375 e. The molecule has 0 amide bonds. The molecular weight excluding hydrogens is 244 g/mol. The maximum atomic E-state index is 4.27. The van der Waals surface area contributed by atoms with Gasteiger partial charge >= 0.3 is 0 Å². The van der Waals surface area contributed by atoms with Crippen LogP contribution in [0.5, 0.6) is 0 Å². The summed E-state index contributed by atoms with van der Waals surface area (Å²) < 4.78 is 0. The van der Waals surface area contributed by atoms with Gasteiger partial charge in [0.15, 0.2) is 0 Å². The number of hydrogen-bond acceptors (Lipinski definition) is 2. The summed E-state index contributed by atoms with van der Waals surface area (Å²) in [6.07, 6.45) is 2.88. The maximum absolute atomic E-state index is 4.27. The van der Waals surface area contributed by atoms with Crippen LogP contribution >= 0.6 is 0 Å². The molecule has 1 N–H and O–H groups in total. The highest BCUT2D eigenvalue weighted by molar-refractivity contribution is 5.28. The first-order valence-corrected chi connectivity index (χ1v) is 7.29. The van der Waals surface area contributed by atoms with Gasteiger partial charge < -0.3 is 5.32 Å². The summed E-state index contributed by atoms with van der Waals surface area (Å²) in [7, 11) is 2.02. The van der Waals surface area contributed by atoms with Gasteiger partial charge in [0.2, 0.25) is 0 Å². The van der Waals surface area contributed by atoms with Crippen molar-refractivity contribution in [3.63, 3.8) is 0 Å². The number of nitrogens with zero attached hydrogens (tertiary/aromatic N) is 1. The van der Waals surface area contributed by atoms with Crippen LogP contribution in [0.4, 0.5) is 0 Å². The van der Waals surface area contributed by atoms with E-state index in [1.807, 2.05) is 20.2 Å². The third-order valence-corrected chi connectivity index (χ3v) is 3.76. The van der Waals surface area contributed by atoms with Crippen molar-refractivity contribution >= 4 is 0 Å². The largest absolute Gasteiger partial charge is 0.313 e. The molecule has 2 aromatic rings. The van der Waals surface area contributed by atoms with Gasteiger partial charge in [-0.2, -0.15) is 0 Å². The molecule has 0 aliphatic carbocycles. The molecule has 0 spiro atoms. The van der Waals surface area contributed by atoms with Gasteiger partial charge in [0, 0.05) is 17.9 Å². The molecule has 0 aliphatic rings. The Hall–Kier alpha value is -1.67. The van der Waals surface area contributed by atoms with Crippen molar-refractivity contribution in [2.24, 2.45) is 0 Å². The monoisotopic (exact) mass is 268 g/mol. The summed E-state index contributed by atoms with van der Waals surface area (Å²) in [4.78, 5) is 4.27. The van der Waals surface area contributed by atoms with Crippen molar-refractivity contribution in [2.45, 2.75) is 39.2 Å². The predicted molar refractivity (Wildman–Crippen MR) is 85.0 cm³/mol. The van der Waals surface area contributed by atoms with Crippen LogP contribution in [0.1, 0.15) is 48.2 Å². The Morgan fingerprint density at radius 1 is 1.05 bits per heavy atom. The minimum Gasteiger partial charge on any atom is -0.313 e. The van der Waals surface area contributed by atoms with Gasteiger partial charge in [0.05, 0.1) is 0 Å². The number of likely N-dealkylation sites (N-methyl/N-ethyl adjacent to an activating group) is 1. The van der Waals surface area contributed by atoms with E-state index in [1.54, 1.807) is 0 Å². The van der Waals surface area contributed by atoms with Crippen molar-refractivity contribution in [3.05, 3.63) is 65.0 Å². The molecule has 0 fully saturated rings. The number of hydrogen-bond donors (Lipinski definition) is 1. The number of aromatic nitrogens is 1. The van der Waals surface area contributed by atoms with E-state index in [-0.39, 0.29) is 0 Å². The molecule has 1 heterocycles. The molecule has 0 radical (unpaired) electrons. The van der Waals surface area contributed by atoms with Gasteiger partial charge in [-0.15, -0.1) is 0 Å². The average Bonchev–Trinajstić information content (AvgIpc) is 2.45. The zero-order valence-corrected chi connectivity index (χ0v) is 12.9. The van der Waals surface area contributed by atoms with Crippen LogP contribution in [0.2, 0.25) is 0 Å². The van der Waals surface area contributed by atoms with Gasteiger partial charge in [0.1, 0.15) is 0 Å². The van der Waals surface area contributed by atoms with E-state index < -0.39 is 0 Å². The van der Waals surface area contributed by atoms with Crippen LogP contribution in [-0.4, -0.2) is 12.0 Å². The van der Waals surface area contributed by atoms with E-state index in [0.29, 0.717) is 12.0 Å². The number of pyridine rings is 1. The summed E-state index contributed by atoms with van der Waals surface area (Å²) in [5.74, 6) is 0.590. The molecule has 2 rings (SSSR count). The Kier molecular flexibility index (Phi) is 4.91. The number of benzene rings is 1. The van der Waals surface area contributed by atoms with Gasteiger partial charge in [-0.1, -0.05) is 38.1 Å². The van der Waals surface area contributed by atoms with Crippen molar-refractivity contribution in [1.29, 1.82) is 0 Å². The minimum atomic E-state index is 0.335. The Balaban J connectivity index is 2.14. The molecule has 1 unspecified atom stereocenters. The lowest BCUT2D eigenvalue weighted by Crippen LogP contribution is -2.19. The Morgan fingerprint density at radius 2 is 1.75 bits per heavy atom. The molecular formula is C18H24N2. The Morgan fingerprint density at radius 3 is 2.30 bits per heavy atom. The normalized spacial score (nSPS) is 12.7. The lowest BCUT2D eigenvalue weighted by molar-refractivity contribution is 0.590. The van der Waals surface area contributed by atoms with Crippen LogP contribution in [-0.2, 0) is 6.42 Å². The minimum absolute atomic E-state index is 0.335. The van der Waals surface area contributed by atoms with Crippen molar-refractivity contribution < 1.29 is 0 Å². The highest BCUT2D eigenvalue weighted by atomic mass is 14.9. The highest BCUT2D eigenvalue weighted by Crippen LogP contribution is 2.20. The van der Waals surface area contributed by atoms with Gasteiger partial charge in [-0.05, 0) is 55.1 Å². The summed E-state index contributed by atoms with van der Waals surface area (Å²) >= 11 is 0. The van der Waals surface area contributed by atoms with Crippen LogP contribution in [0.15, 0.2) is 42.6 Å². The standard InChI is InChI=1S/C18H24N2/c1-13(2)16-7-5-15(6-8-16)12-18(19-4)17-9-10-20-14(3)11-17/h5-11,13,18-19H,12H2,1-4H3. The first-order valence-electron chi connectivity index (χ1n) is 7.29. The molecule has 0 aliphatic heterocycles. The van der Waals surface area contributed by atoms with E-state index in [4.69, 9.17) is 0 Å². The van der Waals surface area contributed by atoms with E-state index in [0.717, 1.165) is 12.1 Å².